The Labute approximate surface area is 164 Å². The monoisotopic (exact) mass is 385 g/mol. The average molecular weight is 386 g/mol. The number of hydrogen-bond acceptors (Lipinski definition) is 5. The van der Waals surface area contributed by atoms with Crippen molar-refractivity contribution in [1.29, 1.82) is 0 Å². The predicted octanol–water partition coefficient (Wildman–Crippen LogP) is 4.68. The first-order valence-electron chi connectivity index (χ1n) is 9.80. The van der Waals surface area contributed by atoms with E-state index in [9.17, 15) is 0 Å². The number of rotatable bonds is 3. The molecule has 0 bridgehead atoms. The van der Waals surface area contributed by atoms with E-state index >= 15 is 0 Å². The second kappa shape index (κ2) is 6.57. The summed E-state index contributed by atoms with van der Waals surface area (Å²) in [4.78, 5) is 2.52. The van der Waals surface area contributed by atoms with Gasteiger partial charge in [-0.2, -0.15) is 5.10 Å². The van der Waals surface area contributed by atoms with Crippen molar-refractivity contribution in [2.24, 2.45) is 5.10 Å². The zero-order chi connectivity index (χ0) is 18.4. The van der Waals surface area contributed by atoms with Gasteiger partial charge in [0.25, 0.3) is 0 Å². The van der Waals surface area contributed by atoms with Crippen molar-refractivity contribution in [3.63, 3.8) is 0 Å². The van der Waals surface area contributed by atoms with Crippen LogP contribution in [0.15, 0.2) is 46.1 Å². The lowest BCUT2D eigenvalue weighted by molar-refractivity contribution is -0.149. The van der Waals surface area contributed by atoms with E-state index in [1.54, 1.807) is 6.26 Å². The largest absolute Gasteiger partial charge is 0.466 e. The zero-order valence-corrected chi connectivity index (χ0v) is 16.3. The first-order chi connectivity index (χ1) is 13.2. The molecule has 1 saturated heterocycles. The van der Waals surface area contributed by atoms with Gasteiger partial charge in [0.15, 0.2) is 0 Å². The van der Waals surface area contributed by atoms with Crippen molar-refractivity contribution in [3.8, 4) is 5.75 Å². The van der Waals surface area contributed by atoms with E-state index in [0.29, 0.717) is 0 Å². The number of furan rings is 1. The van der Waals surface area contributed by atoms with Gasteiger partial charge in [0.05, 0.1) is 12.3 Å². The van der Waals surface area contributed by atoms with Gasteiger partial charge < -0.3 is 14.1 Å². The molecular formula is C21H24ClN3O2. The molecule has 6 heteroatoms. The molecule has 1 unspecified atom stereocenters. The topological polar surface area (TPSA) is 41.2 Å². The lowest BCUT2D eigenvalue weighted by Gasteiger charge is -2.51. The molecule has 1 spiro atoms. The van der Waals surface area contributed by atoms with E-state index in [4.69, 9.17) is 25.9 Å². The minimum absolute atomic E-state index is 0.144. The molecule has 4 heterocycles. The lowest BCUT2D eigenvalue weighted by atomic mass is 9.91. The Hall–Kier alpha value is -1.98. The number of hydrazone groups is 1. The van der Waals surface area contributed by atoms with Gasteiger partial charge in [0, 0.05) is 42.9 Å². The molecule has 3 aliphatic rings. The molecule has 5 rings (SSSR count). The van der Waals surface area contributed by atoms with Gasteiger partial charge in [-0.3, -0.25) is 0 Å². The number of benzene rings is 1. The highest BCUT2D eigenvalue weighted by Crippen LogP contribution is 2.50. The number of halogens is 1. The Morgan fingerprint density at radius 2 is 2.11 bits per heavy atom. The van der Waals surface area contributed by atoms with Crippen LogP contribution in [0.1, 0.15) is 50.0 Å². The number of nitrogens with zero attached hydrogens (tertiary/aromatic N) is 3. The van der Waals surface area contributed by atoms with Crippen LogP contribution in [0.2, 0.25) is 5.02 Å². The predicted molar refractivity (Wildman–Crippen MR) is 105 cm³/mol. The van der Waals surface area contributed by atoms with Gasteiger partial charge in [-0.25, -0.2) is 5.01 Å². The van der Waals surface area contributed by atoms with Crippen LogP contribution in [-0.2, 0) is 0 Å². The summed E-state index contributed by atoms with van der Waals surface area (Å²) < 4.78 is 12.3. The maximum absolute atomic E-state index is 6.62. The fraction of sp³-hybridized carbons (Fsp3) is 0.476. The smallest absolute Gasteiger partial charge is 0.200 e. The third-order valence-corrected chi connectivity index (χ3v) is 6.18. The molecule has 5 nitrogen and oxygen atoms in total. The number of piperidine rings is 1. The highest BCUT2D eigenvalue weighted by molar-refractivity contribution is 6.30. The van der Waals surface area contributed by atoms with Gasteiger partial charge in [-0.1, -0.05) is 18.5 Å². The molecule has 0 amide bonds. The Morgan fingerprint density at radius 3 is 2.85 bits per heavy atom. The summed E-state index contributed by atoms with van der Waals surface area (Å²) in [6.45, 7) is 5.45. The molecule has 1 aromatic heterocycles. The molecular weight excluding hydrogens is 362 g/mol. The minimum atomic E-state index is -0.385. The molecule has 3 aliphatic heterocycles. The first kappa shape index (κ1) is 17.1. The van der Waals surface area contributed by atoms with E-state index < -0.39 is 0 Å². The summed E-state index contributed by atoms with van der Waals surface area (Å²) in [6, 6.07) is 9.99. The maximum atomic E-state index is 6.62. The molecule has 0 saturated carbocycles. The van der Waals surface area contributed by atoms with Crippen LogP contribution in [-0.4, -0.2) is 41.0 Å². The Kier molecular flexibility index (Phi) is 4.17. The van der Waals surface area contributed by atoms with E-state index in [-0.39, 0.29) is 11.8 Å². The third kappa shape index (κ3) is 2.84. The Balaban J connectivity index is 1.53. The van der Waals surface area contributed by atoms with E-state index in [2.05, 4.69) is 16.8 Å². The van der Waals surface area contributed by atoms with Gasteiger partial charge in [0.1, 0.15) is 17.2 Å². The highest BCUT2D eigenvalue weighted by Gasteiger charge is 2.52. The first-order valence-corrected chi connectivity index (χ1v) is 10.2. The van der Waals surface area contributed by atoms with Crippen LogP contribution >= 0.6 is 11.6 Å². The second-order valence-corrected chi connectivity index (χ2v) is 8.10. The molecule has 0 N–H and O–H groups in total. The van der Waals surface area contributed by atoms with E-state index in [1.165, 1.54) is 6.42 Å². The van der Waals surface area contributed by atoms with E-state index in [0.717, 1.165) is 66.7 Å². The number of ether oxygens (including phenoxy) is 1. The average Bonchev–Trinajstić information content (AvgIpc) is 3.34. The van der Waals surface area contributed by atoms with E-state index in [1.807, 2.05) is 30.3 Å². The summed E-state index contributed by atoms with van der Waals surface area (Å²) in [5.41, 5.74) is 1.72. The van der Waals surface area contributed by atoms with Crippen molar-refractivity contribution in [2.45, 2.75) is 44.4 Å². The van der Waals surface area contributed by atoms with Crippen molar-refractivity contribution < 1.29 is 9.15 Å². The van der Waals surface area contributed by atoms with Crippen LogP contribution in [0.5, 0.6) is 5.75 Å². The minimum Gasteiger partial charge on any atom is -0.466 e. The molecule has 0 radical (unpaired) electrons. The summed E-state index contributed by atoms with van der Waals surface area (Å²) in [5.74, 6) is 1.78. The number of likely N-dealkylation sites (tertiary alicyclic amines) is 1. The quantitative estimate of drug-likeness (QED) is 0.769. The molecule has 1 atom stereocenters. The molecule has 2 aromatic rings. The van der Waals surface area contributed by atoms with Crippen molar-refractivity contribution in [2.75, 3.05) is 19.6 Å². The molecule has 1 fully saturated rings. The van der Waals surface area contributed by atoms with Gasteiger partial charge in [0.2, 0.25) is 5.72 Å². The number of hydrogen-bond donors (Lipinski definition) is 0. The van der Waals surface area contributed by atoms with Gasteiger partial charge in [-0.05, 0) is 43.3 Å². The summed E-state index contributed by atoms with van der Waals surface area (Å²) in [5, 5.41) is 7.93. The molecule has 0 aliphatic carbocycles. The normalized spacial score (nSPS) is 23.7. The summed E-state index contributed by atoms with van der Waals surface area (Å²) in [7, 11) is 0. The van der Waals surface area contributed by atoms with Crippen LogP contribution in [0.25, 0.3) is 0 Å². The maximum Gasteiger partial charge on any atom is 0.200 e. The standard InChI is InChI=1S/C21H24ClN3O2/c1-2-9-24-10-7-21(8-11-24)25-18(14-17(23-25)20-4-3-12-26-20)16-13-15(22)5-6-19(16)27-21/h3-6,12-13,18H,2,7-11,14H2,1H3. The van der Waals surface area contributed by atoms with Crippen molar-refractivity contribution in [1.82, 2.24) is 9.91 Å². The van der Waals surface area contributed by atoms with Gasteiger partial charge >= 0.3 is 0 Å². The summed E-state index contributed by atoms with van der Waals surface area (Å²) in [6.07, 6.45) is 5.59. The number of fused-ring (bicyclic) bond motifs is 4. The molecule has 27 heavy (non-hydrogen) atoms. The van der Waals surface area contributed by atoms with Crippen LogP contribution in [0.4, 0.5) is 0 Å². The lowest BCUT2D eigenvalue weighted by Crippen LogP contribution is -2.59. The fourth-order valence-corrected chi connectivity index (χ4v) is 4.80. The third-order valence-electron chi connectivity index (χ3n) is 5.94. The summed E-state index contributed by atoms with van der Waals surface area (Å²) >= 11 is 6.30. The zero-order valence-electron chi connectivity index (χ0n) is 15.5. The molecule has 142 valence electrons. The van der Waals surface area contributed by atoms with Gasteiger partial charge in [-0.15, -0.1) is 0 Å². The van der Waals surface area contributed by atoms with Crippen LogP contribution in [0.3, 0.4) is 0 Å². The SMILES string of the molecule is CCCN1CCC2(CC1)Oc1ccc(Cl)cc1C1CC(c3ccco3)=NN12. The molecule has 1 aromatic carbocycles. The van der Waals surface area contributed by atoms with Crippen molar-refractivity contribution >= 4 is 17.3 Å². The second-order valence-electron chi connectivity index (χ2n) is 7.66. The highest BCUT2D eigenvalue weighted by atomic mass is 35.5. The van der Waals surface area contributed by atoms with Crippen LogP contribution < -0.4 is 4.74 Å². The van der Waals surface area contributed by atoms with Crippen molar-refractivity contribution in [3.05, 3.63) is 52.9 Å². The fourth-order valence-electron chi connectivity index (χ4n) is 4.62. The Morgan fingerprint density at radius 1 is 1.26 bits per heavy atom. The van der Waals surface area contributed by atoms with Crippen LogP contribution in [0, 0.1) is 0 Å². The Bertz CT molecular complexity index is 856.